The van der Waals surface area contributed by atoms with Crippen molar-refractivity contribution in [3.05, 3.63) is 34.3 Å². The fourth-order valence-corrected chi connectivity index (χ4v) is 2.23. The first-order valence-electron chi connectivity index (χ1n) is 6.77. The van der Waals surface area contributed by atoms with Gasteiger partial charge >= 0.3 is 0 Å². The summed E-state index contributed by atoms with van der Waals surface area (Å²) in [7, 11) is 0. The predicted octanol–water partition coefficient (Wildman–Crippen LogP) is 4.65. The van der Waals surface area contributed by atoms with E-state index in [-0.39, 0.29) is 0 Å². The van der Waals surface area contributed by atoms with Gasteiger partial charge in [-0.15, -0.1) is 0 Å². The molecule has 0 radical (unpaired) electrons. The van der Waals surface area contributed by atoms with Crippen molar-refractivity contribution >= 4 is 15.9 Å². The Balaban J connectivity index is 2.69. The Morgan fingerprint density at radius 3 is 2.11 bits per heavy atom. The topological polar surface area (TPSA) is 12.0 Å². The summed E-state index contributed by atoms with van der Waals surface area (Å²) in [5, 5.41) is 3.57. The highest BCUT2D eigenvalue weighted by Gasteiger charge is 2.24. The Hall–Kier alpha value is -0.340. The molecule has 0 aliphatic rings. The minimum atomic E-state index is 0.328. The highest BCUT2D eigenvalue weighted by Crippen LogP contribution is 2.29. The molecule has 0 amide bonds. The van der Waals surface area contributed by atoms with E-state index < -0.39 is 0 Å². The van der Waals surface area contributed by atoms with Crippen molar-refractivity contribution in [1.82, 2.24) is 5.32 Å². The van der Waals surface area contributed by atoms with E-state index in [2.05, 4.69) is 80.1 Å². The quantitative estimate of drug-likeness (QED) is 0.834. The van der Waals surface area contributed by atoms with Gasteiger partial charge in [-0.05, 0) is 42.0 Å². The Morgan fingerprint density at radius 1 is 1.11 bits per heavy atom. The van der Waals surface area contributed by atoms with E-state index in [9.17, 15) is 0 Å². The molecule has 1 nitrogen and oxygen atoms in total. The Labute approximate surface area is 120 Å². The maximum Gasteiger partial charge on any atom is 0.0175 e. The average Bonchev–Trinajstić information content (AvgIpc) is 2.24. The van der Waals surface area contributed by atoms with Gasteiger partial charge in [0.1, 0.15) is 0 Å². The van der Waals surface area contributed by atoms with Crippen molar-refractivity contribution in [2.24, 2.45) is 11.3 Å². The van der Waals surface area contributed by atoms with Crippen molar-refractivity contribution in [3.63, 3.8) is 0 Å². The molecule has 18 heavy (non-hydrogen) atoms. The summed E-state index contributed by atoms with van der Waals surface area (Å²) in [6.45, 7) is 12.5. The predicted molar refractivity (Wildman–Crippen MR) is 83.9 cm³/mol. The molecule has 2 heteroatoms. The molecule has 1 aromatic carbocycles. The number of rotatable bonds is 5. The highest BCUT2D eigenvalue weighted by molar-refractivity contribution is 9.10. The molecule has 1 aromatic rings. The van der Waals surface area contributed by atoms with Gasteiger partial charge in [0.05, 0.1) is 0 Å². The molecular weight excluding hydrogens is 286 g/mol. The van der Waals surface area contributed by atoms with E-state index in [0.717, 1.165) is 17.4 Å². The van der Waals surface area contributed by atoms with Crippen LogP contribution in [0.5, 0.6) is 0 Å². The molecule has 0 fully saturated rings. The van der Waals surface area contributed by atoms with Crippen LogP contribution in [0.2, 0.25) is 0 Å². The number of hydrogen-bond acceptors (Lipinski definition) is 1. The minimum absolute atomic E-state index is 0.328. The zero-order valence-corrected chi connectivity index (χ0v) is 13.8. The number of hydrogen-bond donors (Lipinski definition) is 1. The molecule has 0 saturated carbocycles. The van der Waals surface area contributed by atoms with E-state index in [1.165, 1.54) is 5.56 Å². The third-order valence-corrected chi connectivity index (χ3v) is 3.92. The largest absolute Gasteiger partial charge is 0.314 e. The van der Waals surface area contributed by atoms with E-state index in [0.29, 0.717) is 17.4 Å². The van der Waals surface area contributed by atoms with Crippen molar-refractivity contribution in [1.29, 1.82) is 0 Å². The van der Waals surface area contributed by atoms with Crippen LogP contribution in [0.3, 0.4) is 0 Å². The molecule has 0 spiro atoms. The van der Waals surface area contributed by atoms with Crippen LogP contribution in [0.4, 0.5) is 0 Å². The molecule has 1 atom stereocenters. The lowest BCUT2D eigenvalue weighted by atomic mass is 9.77. The van der Waals surface area contributed by atoms with Gasteiger partial charge in [0.25, 0.3) is 0 Å². The normalized spacial score (nSPS) is 13.9. The van der Waals surface area contributed by atoms with Crippen molar-refractivity contribution in [2.75, 3.05) is 6.54 Å². The molecule has 1 N–H and O–H groups in total. The lowest BCUT2D eigenvalue weighted by molar-refractivity contribution is 0.226. The lowest BCUT2D eigenvalue weighted by Gasteiger charge is -2.32. The van der Waals surface area contributed by atoms with Gasteiger partial charge in [-0.3, -0.25) is 0 Å². The molecule has 0 aliphatic heterocycles. The summed E-state index contributed by atoms with van der Waals surface area (Å²) in [5.41, 5.74) is 1.75. The van der Waals surface area contributed by atoms with E-state index in [4.69, 9.17) is 0 Å². The molecular formula is C16H26BrN. The lowest BCUT2D eigenvalue weighted by Crippen LogP contribution is -2.36. The summed E-state index contributed by atoms with van der Waals surface area (Å²) in [5.74, 6) is 0.654. The zero-order chi connectivity index (χ0) is 13.8. The van der Waals surface area contributed by atoms with E-state index >= 15 is 0 Å². The second-order valence-corrected chi connectivity index (χ2v) is 7.37. The summed E-state index contributed by atoms with van der Waals surface area (Å²) in [6, 6.07) is 9.26. The standard InChI is InChI=1S/C16H26BrN/c1-12(2)18-11-14(16(3,4)5)10-13-6-8-15(17)9-7-13/h6-9,12,14,18H,10-11H2,1-5H3. The van der Waals surface area contributed by atoms with Crippen LogP contribution in [-0.2, 0) is 6.42 Å². The minimum Gasteiger partial charge on any atom is -0.314 e. The van der Waals surface area contributed by atoms with Gasteiger partial charge < -0.3 is 5.32 Å². The van der Waals surface area contributed by atoms with Crippen LogP contribution < -0.4 is 5.32 Å². The molecule has 0 saturated heterocycles. The van der Waals surface area contributed by atoms with Gasteiger partial charge in [-0.1, -0.05) is 62.7 Å². The van der Waals surface area contributed by atoms with Gasteiger partial charge in [-0.25, -0.2) is 0 Å². The van der Waals surface area contributed by atoms with Crippen LogP contribution in [-0.4, -0.2) is 12.6 Å². The number of benzene rings is 1. The van der Waals surface area contributed by atoms with Crippen molar-refractivity contribution in [2.45, 2.75) is 47.1 Å². The molecule has 0 aliphatic carbocycles. The van der Waals surface area contributed by atoms with E-state index in [1.54, 1.807) is 0 Å². The zero-order valence-electron chi connectivity index (χ0n) is 12.3. The van der Waals surface area contributed by atoms with Crippen molar-refractivity contribution in [3.8, 4) is 0 Å². The van der Waals surface area contributed by atoms with Crippen LogP contribution in [0.1, 0.15) is 40.2 Å². The highest BCUT2D eigenvalue weighted by atomic mass is 79.9. The summed E-state index contributed by atoms with van der Waals surface area (Å²) >= 11 is 3.49. The number of nitrogens with one attached hydrogen (secondary N) is 1. The first kappa shape index (κ1) is 15.7. The Bertz CT molecular complexity index is 348. The molecule has 0 aromatic heterocycles. The van der Waals surface area contributed by atoms with Gasteiger partial charge in [0.15, 0.2) is 0 Å². The third kappa shape index (κ3) is 5.53. The van der Waals surface area contributed by atoms with Gasteiger partial charge in [-0.2, -0.15) is 0 Å². The SMILES string of the molecule is CC(C)NCC(Cc1ccc(Br)cc1)C(C)(C)C. The molecule has 0 heterocycles. The van der Waals surface area contributed by atoms with Crippen LogP contribution in [0, 0.1) is 11.3 Å². The van der Waals surface area contributed by atoms with Gasteiger partial charge in [0, 0.05) is 10.5 Å². The van der Waals surface area contributed by atoms with Crippen LogP contribution in [0.25, 0.3) is 0 Å². The fourth-order valence-electron chi connectivity index (χ4n) is 1.97. The summed E-state index contributed by atoms with van der Waals surface area (Å²) in [4.78, 5) is 0. The van der Waals surface area contributed by atoms with Crippen LogP contribution >= 0.6 is 15.9 Å². The van der Waals surface area contributed by atoms with Gasteiger partial charge in [0.2, 0.25) is 0 Å². The van der Waals surface area contributed by atoms with E-state index in [1.807, 2.05) is 0 Å². The monoisotopic (exact) mass is 311 g/mol. The Kier molecular flexibility index (Phi) is 5.87. The number of halogens is 1. The fraction of sp³-hybridized carbons (Fsp3) is 0.625. The second-order valence-electron chi connectivity index (χ2n) is 6.46. The maximum atomic E-state index is 3.57. The average molecular weight is 312 g/mol. The van der Waals surface area contributed by atoms with Crippen LogP contribution in [0.15, 0.2) is 28.7 Å². The summed E-state index contributed by atoms with van der Waals surface area (Å²) < 4.78 is 1.15. The van der Waals surface area contributed by atoms with Crippen molar-refractivity contribution < 1.29 is 0 Å². The first-order chi connectivity index (χ1) is 8.29. The second kappa shape index (κ2) is 6.72. The molecule has 1 rings (SSSR count). The maximum absolute atomic E-state index is 3.57. The Morgan fingerprint density at radius 2 is 1.67 bits per heavy atom. The molecule has 0 bridgehead atoms. The summed E-state index contributed by atoms with van der Waals surface area (Å²) in [6.07, 6.45) is 1.14. The first-order valence-corrected chi connectivity index (χ1v) is 7.56. The molecule has 102 valence electrons. The third-order valence-electron chi connectivity index (χ3n) is 3.39. The molecule has 1 unspecified atom stereocenters. The smallest absolute Gasteiger partial charge is 0.0175 e.